The molecule has 1 heterocycles. The number of carbonyl (C=O) groups excluding carboxylic acids is 1. The summed E-state index contributed by atoms with van der Waals surface area (Å²) in [5.74, 6) is -0.262. The highest BCUT2D eigenvalue weighted by Gasteiger charge is 2.38. The van der Waals surface area contributed by atoms with E-state index in [0.29, 0.717) is 19.4 Å². The Morgan fingerprint density at radius 1 is 1.13 bits per heavy atom. The molecule has 0 bridgehead atoms. The standard InChI is InChI=1S/C20H33N3O5S2/c1-4-22(5-2)12-6-13-23(19-11-14-29(25,26)16-19)30(27,28)20-9-7-18(8-10-20)15-21-17(3)24/h7-10,19H,4-6,11-16H2,1-3H3,(H,21,24)/t19-/m1/s1. The molecule has 30 heavy (non-hydrogen) atoms. The SMILES string of the molecule is CCN(CC)CCCN([C@@H]1CCS(=O)(=O)C1)S(=O)(=O)c1ccc(CNC(C)=O)cc1. The molecule has 8 nitrogen and oxygen atoms in total. The van der Waals surface area contributed by atoms with Crippen LogP contribution in [0.5, 0.6) is 0 Å². The molecular formula is C20H33N3O5S2. The minimum absolute atomic E-state index is 0.0232. The van der Waals surface area contributed by atoms with Crippen LogP contribution in [0.25, 0.3) is 0 Å². The zero-order valence-corrected chi connectivity index (χ0v) is 19.6. The third-order valence-electron chi connectivity index (χ3n) is 5.43. The molecule has 1 fully saturated rings. The second-order valence-electron chi connectivity index (χ2n) is 7.61. The first kappa shape index (κ1) is 24.8. The van der Waals surface area contributed by atoms with Crippen LogP contribution in [-0.4, -0.2) is 75.7 Å². The Morgan fingerprint density at radius 3 is 2.27 bits per heavy atom. The fourth-order valence-corrected chi connectivity index (χ4v) is 7.15. The molecule has 0 aromatic heterocycles. The third-order valence-corrected chi connectivity index (χ3v) is 9.15. The molecule has 0 radical (unpaired) electrons. The molecule has 1 saturated heterocycles. The van der Waals surface area contributed by atoms with Crippen molar-refractivity contribution in [1.82, 2.24) is 14.5 Å². The van der Waals surface area contributed by atoms with Crippen LogP contribution in [0.3, 0.4) is 0 Å². The number of nitrogens with one attached hydrogen (secondary N) is 1. The van der Waals surface area contributed by atoms with Crippen molar-refractivity contribution >= 4 is 25.8 Å². The van der Waals surface area contributed by atoms with E-state index in [-0.39, 0.29) is 28.9 Å². The van der Waals surface area contributed by atoms with Gasteiger partial charge in [0, 0.05) is 26.1 Å². The summed E-state index contributed by atoms with van der Waals surface area (Å²) in [6, 6.07) is 5.85. The topological polar surface area (TPSA) is 104 Å². The molecule has 1 aliphatic heterocycles. The Hall–Kier alpha value is -1.49. The van der Waals surface area contributed by atoms with Gasteiger partial charge in [0.2, 0.25) is 15.9 Å². The van der Waals surface area contributed by atoms with E-state index in [1.54, 1.807) is 12.1 Å². The largest absolute Gasteiger partial charge is 0.352 e. The highest BCUT2D eigenvalue weighted by atomic mass is 32.2. The van der Waals surface area contributed by atoms with Gasteiger partial charge in [-0.15, -0.1) is 0 Å². The summed E-state index contributed by atoms with van der Waals surface area (Å²) < 4.78 is 52.1. The highest BCUT2D eigenvalue weighted by Crippen LogP contribution is 2.25. The number of carbonyl (C=O) groups is 1. The highest BCUT2D eigenvalue weighted by molar-refractivity contribution is 7.92. The van der Waals surface area contributed by atoms with Crippen LogP contribution in [0.2, 0.25) is 0 Å². The molecule has 0 unspecified atom stereocenters. The van der Waals surface area contributed by atoms with Crippen molar-refractivity contribution in [3.8, 4) is 0 Å². The fourth-order valence-electron chi connectivity index (χ4n) is 3.63. The van der Waals surface area contributed by atoms with E-state index in [0.717, 1.165) is 25.2 Å². The van der Waals surface area contributed by atoms with Crippen LogP contribution < -0.4 is 5.32 Å². The summed E-state index contributed by atoms with van der Waals surface area (Å²) in [6.07, 6.45) is 0.964. The van der Waals surface area contributed by atoms with Gasteiger partial charge >= 0.3 is 0 Å². The molecule has 0 aliphatic carbocycles. The van der Waals surface area contributed by atoms with Gasteiger partial charge in [0.05, 0.1) is 16.4 Å². The Labute approximate surface area is 180 Å². The normalized spacial score (nSPS) is 18.8. The van der Waals surface area contributed by atoms with E-state index < -0.39 is 25.9 Å². The number of nitrogens with zero attached hydrogens (tertiary/aromatic N) is 2. The van der Waals surface area contributed by atoms with E-state index >= 15 is 0 Å². The van der Waals surface area contributed by atoms with Gasteiger partial charge in [-0.3, -0.25) is 4.79 Å². The minimum Gasteiger partial charge on any atom is -0.352 e. The predicted octanol–water partition coefficient (Wildman–Crippen LogP) is 1.23. The molecular weight excluding hydrogens is 426 g/mol. The van der Waals surface area contributed by atoms with Crippen LogP contribution in [0.1, 0.15) is 39.2 Å². The lowest BCUT2D eigenvalue weighted by molar-refractivity contribution is -0.119. The first-order chi connectivity index (χ1) is 14.1. The third kappa shape index (κ3) is 6.76. The van der Waals surface area contributed by atoms with Gasteiger partial charge < -0.3 is 10.2 Å². The number of amides is 1. The van der Waals surface area contributed by atoms with Gasteiger partial charge in [-0.05, 0) is 50.2 Å². The van der Waals surface area contributed by atoms with Gasteiger partial charge in [-0.2, -0.15) is 4.31 Å². The monoisotopic (exact) mass is 459 g/mol. The lowest BCUT2D eigenvalue weighted by Crippen LogP contribution is -2.42. The molecule has 2 rings (SSSR count). The second kappa shape index (κ2) is 10.7. The Bertz CT molecular complexity index is 910. The maximum atomic E-state index is 13.4. The molecule has 10 heteroatoms. The lowest BCUT2D eigenvalue weighted by Gasteiger charge is -2.28. The van der Waals surface area contributed by atoms with Gasteiger partial charge in [-0.25, -0.2) is 16.8 Å². The molecule has 1 aromatic rings. The Morgan fingerprint density at radius 2 is 1.77 bits per heavy atom. The summed E-state index contributed by atoms with van der Waals surface area (Å²) in [5, 5.41) is 2.68. The smallest absolute Gasteiger partial charge is 0.243 e. The van der Waals surface area contributed by atoms with E-state index in [1.165, 1.54) is 23.4 Å². The van der Waals surface area contributed by atoms with Crippen molar-refractivity contribution in [2.45, 2.75) is 51.1 Å². The second-order valence-corrected chi connectivity index (χ2v) is 11.7. The maximum absolute atomic E-state index is 13.4. The van der Waals surface area contributed by atoms with Crippen LogP contribution in [0, 0.1) is 0 Å². The average molecular weight is 460 g/mol. The molecule has 170 valence electrons. The van der Waals surface area contributed by atoms with Gasteiger partial charge in [-0.1, -0.05) is 26.0 Å². The molecule has 1 aromatic carbocycles. The Kier molecular flexibility index (Phi) is 8.84. The van der Waals surface area contributed by atoms with Crippen molar-refractivity contribution in [1.29, 1.82) is 0 Å². The zero-order chi connectivity index (χ0) is 22.4. The lowest BCUT2D eigenvalue weighted by atomic mass is 10.2. The van der Waals surface area contributed by atoms with Crippen LogP contribution in [0.4, 0.5) is 0 Å². The average Bonchev–Trinajstić information content (AvgIpc) is 3.06. The van der Waals surface area contributed by atoms with Gasteiger partial charge in [0.1, 0.15) is 0 Å². The molecule has 1 aliphatic rings. The van der Waals surface area contributed by atoms with Crippen LogP contribution in [-0.2, 0) is 31.2 Å². The van der Waals surface area contributed by atoms with Crippen molar-refractivity contribution in [2.24, 2.45) is 0 Å². The van der Waals surface area contributed by atoms with Gasteiger partial charge in [0.15, 0.2) is 9.84 Å². The number of hydrogen-bond acceptors (Lipinski definition) is 6. The maximum Gasteiger partial charge on any atom is 0.243 e. The quantitative estimate of drug-likeness (QED) is 0.534. The minimum atomic E-state index is -3.83. The van der Waals surface area contributed by atoms with E-state index in [2.05, 4.69) is 24.1 Å². The van der Waals surface area contributed by atoms with E-state index in [4.69, 9.17) is 0 Å². The Balaban J connectivity index is 2.21. The molecule has 0 saturated carbocycles. The van der Waals surface area contributed by atoms with Crippen molar-refractivity contribution in [3.63, 3.8) is 0 Å². The van der Waals surface area contributed by atoms with Gasteiger partial charge in [0.25, 0.3) is 0 Å². The molecule has 1 N–H and O–H groups in total. The number of sulfone groups is 1. The van der Waals surface area contributed by atoms with Crippen molar-refractivity contribution < 1.29 is 21.6 Å². The predicted molar refractivity (Wildman–Crippen MR) is 117 cm³/mol. The summed E-state index contributed by atoms with van der Waals surface area (Å²) in [7, 11) is -7.04. The molecule has 1 amide bonds. The van der Waals surface area contributed by atoms with Crippen molar-refractivity contribution in [2.75, 3.05) is 37.7 Å². The summed E-state index contributed by atoms with van der Waals surface area (Å²) in [4.78, 5) is 13.4. The number of sulfonamides is 1. The van der Waals surface area contributed by atoms with Crippen LogP contribution in [0.15, 0.2) is 29.2 Å². The molecule has 1 atom stereocenters. The number of hydrogen-bond donors (Lipinski definition) is 1. The fraction of sp³-hybridized carbons (Fsp3) is 0.650. The van der Waals surface area contributed by atoms with Crippen molar-refractivity contribution in [3.05, 3.63) is 29.8 Å². The first-order valence-electron chi connectivity index (χ1n) is 10.4. The van der Waals surface area contributed by atoms with E-state index in [9.17, 15) is 21.6 Å². The number of rotatable bonds is 11. The number of benzene rings is 1. The van der Waals surface area contributed by atoms with E-state index in [1.807, 2.05) is 0 Å². The summed E-state index contributed by atoms with van der Waals surface area (Å²) >= 11 is 0. The summed E-state index contributed by atoms with van der Waals surface area (Å²) in [5.41, 5.74) is 0.792. The van der Waals surface area contributed by atoms with Crippen LogP contribution >= 0.6 is 0 Å². The first-order valence-corrected chi connectivity index (χ1v) is 13.6. The molecule has 0 spiro atoms. The zero-order valence-electron chi connectivity index (χ0n) is 18.0. The summed E-state index contributed by atoms with van der Waals surface area (Å²) in [6.45, 7) is 8.68.